The molecule has 2 heteroatoms. The van der Waals surface area contributed by atoms with Crippen molar-refractivity contribution in [2.45, 2.75) is 25.9 Å². The molecule has 0 heterocycles. The first-order chi connectivity index (χ1) is 7.50. The van der Waals surface area contributed by atoms with Gasteiger partial charge in [-0.25, -0.2) is 0 Å². The lowest BCUT2D eigenvalue weighted by molar-refractivity contribution is 0.121. The van der Waals surface area contributed by atoms with Crippen molar-refractivity contribution in [2.75, 3.05) is 0 Å². The summed E-state index contributed by atoms with van der Waals surface area (Å²) in [6.45, 7) is 3.79. The zero-order chi connectivity index (χ0) is 11.8. The maximum Gasteiger partial charge on any atom is 0.0928 e. The van der Waals surface area contributed by atoms with E-state index in [0.717, 1.165) is 22.4 Å². The molecule has 0 aliphatic heterocycles. The molecule has 1 aromatic rings. The molecule has 0 saturated heterocycles. The molecule has 1 aromatic carbocycles. The number of rotatable bonds is 1. The van der Waals surface area contributed by atoms with Gasteiger partial charge in [0, 0.05) is 12.1 Å². The fourth-order valence-electron chi connectivity index (χ4n) is 2.08. The van der Waals surface area contributed by atoms with Gasteiger partial charge in [0.2, 0.25) is 0 Å². The van der Waals surface area contributed by atoms with Gasteiger partial charge in [-0.15, -0.1) is 0 Å². The highest BCUT2D eigenvalue weighted by atomic mass is 16.3. The van der Waals surface area contributed by atoms with Crippen LogP contribution in [0.2, 0.25) is 0 Å². The van der Waals surface area contributed by atoms with Crippen molar-refractivity contribution in [1.82, 2.24) is 0 Å². The lowest BCUT2D eigenvalue weighted by Gasteiger charge is -2.31. The Labute approximate surface area is 96.1 Å². The maximum absolute atomic E-state index is 10.4. The first kappa shape index (κ1) is 11.0. The zero-order valence-corrected chi connectivity index (χ0v) is 9.70. The molecule has 3 N–H and O–H groups in total. The lowest BCUT2D eigenvalue weighted by atomic mass is 9.80. The minimum absolute atomic E-state index is 0.500. The van der Waals surface area contributed by atoms with Crippen LogP contribution in [-0.4, -0.2) is 10.7 Å². The number of aliphatic hydroxyl groups is 1. The summed E-state index contributed by atoms with van der Waals surface area (Å²) in [6.07, 6.45) is 2.48. The second-order valence-electron chi connectivity index (χ2n) is 4.58. The van der Waals surface area contributed by atoms with E-state index < -0.39 is 5.60 Å². The number of nitrogens with two attached hydrogens (primary N) is 1. The molecule has 84 valence electrons. The van der Waals surface area contributed by atoms with Gasteiger partial charge in [0.25, 0.3) is 0 Å². The summed E-state index contributed by atoms with van der Waals surface area (Å²) >= 11 is 0. The summed E-state index contributed by atoms with van der Waals surface area (Å²) in [5.74, 6) is 0. The number of hydrogen-bond donors (Lipinski definition) is 2. The van der Waals surface area contributed by atoms with Crippen LogP contribution < -0.4 is 5.73 Å². The Morgan fingerprint density at radius 3 is 2.50 bits per heavy atom. The summed E-state index contributed by atoms with van der Waals surface area (Å²) in [5, 5.41) is 10.4. The average molecular weight is 215 g/mol. The first-order valence-corrected chi connectivity index (χ1v) is 5.46. The van der Waals surface area contributed by atoms with Gasteiger partial charge in [0.15, 0.2) is 0 Å². The molecule has 0 fully saturated rings. The Balaban J connectivity index is 2.51. The summed E-state index contributed by atoms with van der Waals surface area (Å²) in [4.78, 5) is 0. The molecule has 1 aliphatic carbocycles. The van der Waals surface area contributed by atoms with Crippen molar-refractivity contribution in [2.24, 2.45) is 5.73 Å². The summed E-state index contributed by atoms with van der Waals surface area (Å²) in [6, 6.07) is 9.94. The molecule has 0 aromatic heterocycles. The predicted molar refractivity (Wildman–Crippen MR) is 66.5 cm³/mol. The fourth-order valence-corrected chi connectivity index (χ4v) is 2.08. The second-order valence-corrected chi connectivity index (χ2v) is 4.58. The van der Waals surface area contributed by atoms with E-state index in [4.69, 9.17) is 5.73 Å². The molecule has 0 spiro atoms. The smallest absolute Gasteiger partial charge is 0.0928 e. The number of allylic oxidation sites excluding steroid dienone is 2. The Kier molecular flexibility index (Phi) is 2.60. The number of benzene rings is 1. The normalized spacial score (nSPS) is 25.6. The van der Waals surface area contributed by atoms with Crippen LogP contribution >= 0.6 is 0 Å². The van der Waals surface area contributed by atoms with Crippen LogP contribution in [0.1, 0.15) is 25.8 Å². The fraction of sp³-hybridized carbons (Fsp3) is 0.286. The third kappa shape index (κ3) is 1.89. The van der Waals surface area contributed by atoms with Gasteiger partial charge in [-0.05, 0) is 30.6 Å². The van der Waals surface area contributed by atoms with E-state index in [0.29, 0.717) is 6.42 Å². The van der Waals surface area contributed by atoms with Gasteiger partial charge in [0.05, 0.1) is 5.60 Å². The highest BCUT2D eigenvalue weighted by molar-refractivity contribution is 5.76. The molecule has 0 saturated carbocycles. The molecule has 16 heavy (non-hydrogen) atoms. The van der Waals surface area contributed by atoms with Crippen molar-refractivity contribution in [3.63, 3.8) is 0 Å². The summed E-state index contributed by atoms with van der Waals surface area (Å²) < 4.78 is 0. The standard InChI is InChI=1S/C14H17NO/c1-10-8-12(11-6-4-3-5-7-11)14(2,16)9-13(10)15/h3-8,16H,9,15H2,1-2H3/t14-/m1/s1. The van der Waals surface area contributed by atoms with E-state index >= 15 is 0 Å². The molecule has 2 rings (SSSR count). The Hall–Kier alpha value is -1.54. The maximum atomic E-state index is 10.4. The van der Waals surface area contributed by atoms with E-state index in [-0.39, 0.29) is 0 Å². The van der Waals surface area contributed by atoms with E-state index in [1.54, 1.807) is 0 Å². The molecular formula is C14H17NO. The van der Waals surface area contributed by atoms with Crippen LogP contribution in [0.5, 0.6) is 0 Å². The lowest BCUT2D eigenvalue weighted by Crippen LogP contribution is -2.31. The van der Waals surface area contributed by atoms with Crippen LogP contribution in [0, 0.1) is 0 Å². The monoisotopic (exact) mass is 215 g/mol. The molecular weight excluding hydrogens is 198 g/mol. The van der Waals surface area contributed by atoms with Crippen LogP contribution in [0.25, 0.3) is 5.57 Å². The van der Waals surface area contributed by atoms with Crippen LogP contribution in [0.15, 0.2) is 47.7 Å². The first-order valence-electron chi connectivity index (χ1n) is 5.46. The molecule has 1 aliphatic rings. The average Bonchev–Trinajstić information content (AvgIpc) is 2.24. The topological polar surface area (TPSA) is 46.2 Å². The van der Waals surface area contributed by atoms with Crippen molar-refractivity contribution >= 4 is 5.57 Å². The van der Waals surface area contributed by atoms with Gasteiger partial charge in [-0.2, -0.15) is 0 Å². The van der Waals surface area contributed by atoms with Gasteiger partial charge >= 0.3 is 0 Å². The van der Waals surface area contributed by atoms with Crippen molar-refractivity contribution in [3.05, 3.63) is 53.2 Å². The number of hydrogen-bond acceptors (Lipinski definition) is 2. The SMILES string of the molecule is CC1=C(N)C[C@@](C)(O)C(c2ccccc2)=C1. The molecule has 0 bridgehead atoms. The highest BCUT2D eigenvalue weighted by Gasteiger charge is 2.30. The Morgan fingerprint density at radius 2 is 1.88 bits per heavy atom. The highest BCUT2D eigenvalue weighted by Crippen LogP contribution is 2.36. The third-order valence-electron chi connectivity index (χ3n) is 3.07. The second kappa shape index (κ2) is 3.80. The van der Waals surface area contributed by atoms with E-state index in [2.05, 4.69) is 0 Å². The van der Waals surface area contributed by atoms with Crippen LogP contribution in [0.3, 0.4) is 0 Å². The van der Waals surface area contributed by atoms with Crippen molar-refractivity contribution in [3.8, 4) is 0 Å². The van der Waals surface area contributed by atoms with E-state index in [1.807, 2.05) is 50.3 Å². The molecule has 1 atom stereocenters. The van der Waals surface area contributed by atoms with Gasteiger partial charge in [-0.3, -0.25) is 0 Å². The largest absolute Gasteiger partial charge is 0.402 e. The molecule has 0 radical (unpaired) electrons. The van der Waals surface area contributed by atoms with E-state index in [1.165, 1.54) is 0 Å². The van der Waals surface area contributed by atoms with Crippen LogP contribution in [-0.2, 0) is 0 Å². The predicted octanol–water partition coefficient (Wildman–Crippen LogP) is 2.46. The molecule has 0 amide bonds. The third-order valence-corrected chi connectivity index (χ3v) is 3.07. The molecule has 0 unspecified atom stereocenters. The van der Waals surface area contributed by atoms with Gasteiger partial charge in [-0.1, -0.05) is 36.4 Å². The minimum Gasteiger partial charge on any atom is -0.402 e. The van der Waals surface area contributed by atoms with Gasteiger partial charge < -0.3 is 10.8 Å². The Bertz CT molecular complexity index is 455. The Morgan fingerprint density at radius 1 is 1.25 bits per heavy atom. The minimum atomic E-state index is -0.870. The van der Waals surface area contributed by atoms with Crippen LogP contribution in [0.4, 0.5) is 0 Å². The molecule has 2 nitrogen and oxygen atoms in total. The van der Waals surface area contributed by atoms with Crippen molar-refractivity contribution < 1.29 is 5.11 Å². The van der Waals surface area contributed by atoms with E-state index in [9.17, 15) is 5.11 Å². The zero-order valence-electron chi connectivity index (χ0n) is 9.70. The summed E-state index contributed by atoms with van der Waals surface area (Å²) in [5.41, 5.74) is 8.81. The quantitative estimate of drug-likeness (QED) is 0.756. The van der Waals surface area contributed by atoms with Crippen molar-refractivity contribution in [1.29, 1.82) is 0 Å². The summed E-state index contributed by atoms with van der Waals surface area (Å²) in [7, 11) is 0. The van der Waals surface area contributed by atoms with Gasteiger partial charge in [0.1, 0.15) is 0 Å².